The standard InChI is InChI=1S/C17H22ClNO5/c1-3-24-16(21)7-5-4-6-14(15(20)11-23-2)17(22)12-8-13(18)10-19-9-12/h8-10,14H,3-7,11H2,1-2H3. The highest BCUT2D eigenvalue weighted by Gasteiger charge is 2.27. The molecule has 132 valence electrons. The van der Waals surface area contributed by atoms with Crippen LogP contribution in [0.3, 0.4) is 0 Å². The number of hydrogen-bond donors (Lipinski definition) is 0. The SMILES string of the molecule is CCOC(=O)CCCCC(C(=O)COC)C(=O)c1cncc(Cl)c1. The summed E-state index contributed by atoms with van der Waals surface area (Å²) in [6.45, 7) is 1.95. The molecule has 0 aliphatic rings. The lowest BCUT2D eigenvalue weighted by Gasteiger charge is -2.14. The van der Waals surface area contributed by atoms with Gasteiger partial charge in [0.25, 0.3) is 0 Å². The highest BCUT2D eigenvalue weighted by atomic mass is 35.5. The number of esters is 1. The van der Waals surface area contributed by atoms with Crippen molar-refractivity contribution >= 4 is 29.1 Å². The van der Waals surface area contributed by atoms with E-state index in [1.54, 1.807) is 6.92 Å². The van der Waals surface area contributed by atoms with Gasteiger partial charge in [-0.05, 0) is 25.8 Å². The van der Waals surface area contributed by atoms with Crippen molar-refractivity contribution < 1.29 is 23.9 Å². The van der Waals surface area contributed by atoms with Crippen LogP contribution in [0.4, 0.5) is 0 Å². The number of halogens is 1. The van der Waals surface area contributed by atoms with Gasteiger partial charge in [0.15, 0.2) is 11.6 Å². The zero-order chi connectivity index (χ0) is 17.9. The van der Waals surface area contributed by atoms with Crippen LogP contribution in [0.1, 0.15) is 43.0 Å². The lowest BCUT2D eigenvalue weighted by molar-refractivity contribution is -0.143. The van der Waals surface area contributed by atoms with Crippen LogP contribution in [-0.4, -0.2) is 42.8 Å². The number of rotatable bonds is 11. The Balaban J connectivity index is 2.69. The molecule has 0 radical (unpaired) electrons. The zero-order valence-corrected chi connectivity index (χ0v) is 14.7. The van der Waals surface area contributed by atoms with Gasteiger partial charge >= 0.3 is 5.97 Å². The molecule has 0 aliphatic carbocycles. The number of hydrogen-bond acceptors (Lipinski definition) is 6. The lowest BCUT2D eigenvalue weighted by atomic mass is 9.89. The smallest absolute Gasteiger partial charge is 0.305 e. The van der Waals surface area contributed by atoms with E-state index in [2.05, 4.69) is 4.98 Å². The van der Waals surface area contributed by atoms with Crippen molar-refractivity contribution in [3.8, 4) is 0 Å². The van der Waals surface area contributed by atoms with Gasteiger partial charge in [-0.2, -0.15) is 0 Å². The van der Waals surface area contributed by atoms with Gasteiger partial charge in [-0.15, -0.1) is 0 Å². The molecular weight excluding hydrogens is 334 g/mol. The highest BCUT2D eigenvalue weighted by molar-refractivity contribution is 6.31. The van der Waals surface area contributed by atoms with E-state index in [0.717, 1.165) is 0 Å². The Morgan fingerprint density at radius 2 is 2.00 bits per heavy atom. The van der Waals surface area contributed by atoms with Crippen molar-refractivity contribution in [1.29, 1.82) is 0 Å². The number of unbranched alkanes of at least 4 members (excludes halogenated alkanes) is 1. The number of pyridine rings is 1. The molecule has 0 amide bonds. The average Bonchev–Trinajstić information content (AvgIpc) is 2.54. The van der Waals surface area contributed by atoms with Gasteiger partial charge < -0.3 is 9.47 Å². The molecule has 1 atom stereocenters. The summed E-state index contributed by atoms with van der Waals surface area (Å²) in [5, 5.41) is 0.334. The summed E-state index contributed by atoms with van der Waals surface area (Å²) in [6, 6.07) is 1.49. The first-order valence-electron chi connectivity index (χ1n) is 7.81. The second-order valence-corrected chi connectivity index (χ2v) is 5.70. The van der Waals surface area contributed by atoms with Gasteiger partial charge in [-0.3, -0.25) is 19.4 Å². The number of nitrogens with zero attached hydrogens (tertiary/aromatic N) is 1. The van der Waals surface area contributed by atoms with Gasteiger partial charge in [0.1, 0.15) is 6.61 Å². The van der Waals surface area contributed by atoms with Crippen LogP contribution in [0, 0.1) is 5.92 Å². The van der Waals surface area contributed by atoms with Crippen LogP contribution in [0.15, 0.2) is 18.5 Å². The molecule has 7 heteroatoms. The topological polar surface area (TPSA) is 82.6 Å². The molecule has 1 aromatic heterocycles. The number of ether oxygens (including phenoxy) is 2. The lowest BCUT2D eigenvalue weighted by Crippen LogP contribution is -2.27. The van der Waals surface area contributed by atoms with Crippen LogP contribution in [0.5, 0.6) is 0 Å². The third kappa shape index (κ3) is 6.76. The summed E-state index contributed by atoms with van der Waals surface area (Å²) in [6.07, 6.45) is 4.53. The number of aromatic nitrogens is 1. The van der Waals surface area contributed by atoms with Crippen molar-refractivity contribution in [2.24, 2.45) is 5.92 Å². The normalized spacial score (nSPS) is 11.8. The van der Waals surface area contributed by atoms with Crippen molar-refractivity contribution in [2.45, 2.75) is 32.6 Å². The fourth-order valence-corrected chi connectivity index (χ4v) is 2.45. The van der Waals surface area contributed by atoms with Gasteiger partial charge in [-0.25, -0.2) is 0 Å². The van der Waals surface area contributed by atoms with Crippen LogP contribution < -0.4 is 0 Å². The molecule has 0 N–H and O–H groups in total. The molecular formula is C17H22ClNO5. The summed E-state index contributed by atoms with van der Waals surface area (Å²) < 4.78 is 9.70. The Kier molecular flexibility index (Phi) is 9.19. The second-order valence-electron chi connectivity index (χ2n) is 5.26. The van der Waals surface area contributed by atoms with E-state index in [4.69, 9.17) is 21.1 Å². The molecule has 0 saturated carbocycles. The minimum Gasteiger partial charge on any atom is -0.466 e. The van der Waals surface area contributed by atoms with Crippen molar-refractivity contribution in [2.75, 3.05) is 20.3 Å². The van der Waals surface area contributed by atoms with E-state index in [0.29, 0.717) is 36.5 Å². The first-order valence-corrected chi connectivity index (χ1v) is 8.19. The van der Waals surface area contributed by atoms with Gasteiger partial charge in [0.05, 0.1) is 17.5 Å². The van der Waals surface area contributed by atoms with E-state index in [1.165, 1.54) is 25.6 Å². The Hall–Kier alpha value is -1.79. The van der Waals surface area contributed by atoms with E-state index >= 15 is 0 Å². The van der Waals surface area contributed by atoms with Gasteiger partial charge in [-0.1, -0.05) is 18.0 Å². The Labute approximate surface area is 146 Å². The Morgan fingerprint density at radius 1 is 1.25 bits per heavy atom. The fourth-order valence-electron chi connectivity index (χ4n) is 2.28. The van der Waals surface area contributed by atoms with Crippen LogP contribution in [0.2, 0.25) is 5.02 Å². The maximum atomic E-state index is 12.6. The highest BCUT2D eigenvalue weighted by Crippen LogP contribution is 2.19. The fraction of sp³-hybridized carbons (Fsp3) is 0.529. The number of methoxy groups -OCH3 is 1. The van der Waals surface area contributed by atoms with Crippen LogP contribution in [0.25, 0.3) is 0 Å². The molecule has 24 heavy (non-hydrogen) atoms. The molecule has 0 aromatic carbocycles. The largest absolute Gasteiger partial charge is 0.466 e. The monoisotopic (exact) mass is 355 g/mol. The van der Waals surface area contributed by atoms with Crippen LogP contribution >= 0.6 is 11.6 Å². The minimum atomic E-state index is -0.826. The molecule has 6 nitrogen and oxygen atoms in total. The molecule has 1 unspecified atom stereocenters. The maximum absolute atomic E-state index is 12.6. The third-order valence-corrected chi connectivity index (χ3v) is 3.62. The van der Waals surface area contributed by atoms with E-state index in [9.17, 15) is 14.4 Å². The zero-order valence-electron chi connectivity index (χ0n) is 13.9. The Bertz CT molecular complexity index is 576. The number of ketones is 2. The molecule has 0 spiro atoms. The second kappa shape index (κ2) is 10.9. The predicted molar refractivity (Wildman–Crippen MR) is 89.1 cm³/mol. The van der Waals surface area contributed by atoms with Crippen molar-refractivity contribution in [3.05, 3.63) is 29.0 Å². The quantitative estimate of drug-likeness (QED) is 0.263. The average molecular weight is 356 g/mol. The number of carbonyl (C=O) groups excluding carboxylic acids is 3. The first kappa shape index (κ1) is 20.3. The first-order chi connectivity index (χ1) is 11.5. The van der Waals surface area contributed by atoms with Gasteiger partial charge in [0.2, 0.25) is 0 Å². The maximum Gasteiger partial charge on any atom is 0.305 e. The summed E-state index contributed by atoms with van der Waals surface area (Å²) in [4.78, 5) is 40.0. The molecule has 0 aliphatic heterocycles. The summed E-state index contributed by atoms with van der Waals surface area (Å²) in [7, 11) is 1.40. The van der Waals surface area contributed by atoms with Crippen molar-refractivity contribution in [3.63, 3.8) is 0 Å². The van der Waals surface area contributed by atoms with Crippen molar-refractivity contribution in [1.82, 2.24) is 4.98 Å². The molecule has 1 heterocycles. The Morgan fingerprint density at radius 3 is 2.62 bits per heavy atom. The number of Topliss-reactive ketones (excluding diaryl/α,β-unsaturated/α-hetero) is 2. The van der Waals surface area contributed by atoms with Gasteiger partial charge in [0, 0.05) is 31.5 Å². The van der Waals surface area contributed by atoms with Crippen LogP contribution in [-0.2, 0) is 19.1 Å². The van der Waals surface area contributed by atoms with E-state index in [-0.39, 0.29) is 30.6 Å². The van der Waals surface area contributed by atoms with E-state index in [1.807, 2.05) is 0 Å². The molecule has 0 fully saturated rings. The molecule has 0 saturated heterocycles. The number of carbonyl (C=O) groups is 3. The summed E-state index contributed by atoms with van der Waals surface area (Å²) >= 11 is 5.85. The van der Waals surface area contributed by atoms with E-state index < -0.39 is 5.92 Å². The molecule has 1 aromatic rings. The minimum absolute atomic E-state index is 0.137. The summed E-state index contributed by atoms with van der Waals surface area (Å²) in [5.74, 6) is -1.73. The summed E-state index contributed by atoms with van der Waals surface area (Å²) in [5.41, 5.74) is 0.294. The third-order valence-electron chi connectivity index (χ3n) is 3.41. The molecule has 1 rings (SSSR count). The predicted octanol–water partition coefficient (Wildman–Crippen LogP) is 2.87. The molecule has 0 bridgehead atoms.